The molecule has 3 aromatic rings. The second-order valence-corrected chi connectivity index (χ2v) is 8.85. The van der Waals surface area contributed by atoms with Crippen LogP contribution in [0.25, 0.3) is 0 Å². The summed E-state index contributed by atoms with van der Waals surface area (Å²) in [6, 6.07) is 22.5. The minimum absolute atomic E-state index is 0.0534. The van der Waals surface area contributed by atoms with Crippen LogP contribution in [0.4, 0.5) is 5.69 Å². The van der Waals surface area contributed by atoms with Crippen molar-refractivity contribution < 1.29 is 19.5 Å². The number of imide groups is 1. The fraction of sp³-hybridized carbons (Fsp3) is 0.222. The van der Waals surface area contributed by atoms with E-state index in [4.69, 9.17) is 0 Å². The van der Waals surface area contributed by atoms with Crippen molar-refractivity contribution in [3.05, 3.63) is 101 Å². The molecule has 5 nitrogen and oxygen atoms in total. The van der Waals surface area contributed by atoms with E-state index in [2.05, 4.69) is 31.2 Å². The molecular formula is C27H21NO4. The monoisotopic (exact) mass is 423 g/mol. The van der Waals surface area contributed by atoms with Crippen LogP contribution < -0.4 is 4.90 Å². The third kappa shape index (κ3) is 2.11. The van der Waals surface area contributed by atoms with Crippen LogP contribution in [0.3, 0.4) is 0 Å². The summed E-state index contributed by atoms with van der Waals surface area (Å²) in [5, 5.41) is 9.41. The van der Waals surface area contributed by atoms with Crippen LogP contribution in [0, 0.1) is 11.8 Å². The molecule has 1 saturated heterocycles. The van der Waals surface area contributed by atoms with Gasteiger partial charge in [-0.25, -0.2) is 9.69 Å². The molecule has 0 saturated carbocycles. The Morgan fingerprint density at radius 3 is 2.12 bits per heavy atom. The molecule has 1 heterocycles. The van der Waals surface area contributed by atoms with Gasteiger partial charge in [-0.3, -0.25) is 9.59 Å². The average Bonchev–Trinajstić information content (AvgIpc) is 3.10. The summed E-state index contributed by atoms with van der Waals surface area (Å²) in [6.07, 6.45) is 0.691. The number of nitrogens with zero attached hydrogens (tertiary/aromatic N) is 1. The number of carboxylic acid groups (broad SMARTS) is 1. The van der Waals surface area contributed by atoms with Gasteiger partial charge in [-0.15, -0.1) is 0 Å². The summed E-state index contributed by atoms with van der Waals surface area (Å²) >= 11 is 0. The predicted octanol–water partition coefficient (Wildman–Crippen LogP) is 4.35. The summed E-state index contributed by atoms with van der Waals surface area (Å²) in [5.74, 6) is -2.77. The highest BCUT2D eigenvalue weighted by Crippen LogP contribution is 2.65. The molecular weight excluding hydrogens is 402 g/mol. The molecule has 1 aliphatic heterocycles. The smallest absolute Gasteiger partial charge is 0.335 e. The topological polar surface area (TPSA) is 74.7 Å². The largest absolute Gasteiger partial charge is 0.478 e. The third-order valence-corrected chi connectivity index (χ3v) is 7.70. The van der Waals surface area contributed by atoms with E-state index in [-0.39, 0.29) is 23.3 Å². The highest BCUT2D eigenvalue weighted by molar-refractivity contribution is 6.24. The van der Waals surface area contributed by atoms with Gasteiger partial charge in [0.05, 0.1) is 23.1 Å². The number of carbonyl (C=O) groups excluding carboxylic acids is 2. The Labute approximate surface area is 185 Å². The van der Waals surface area contributed by atoms with Crippen LogP contribution in [0.2, 0.25) is 0 Å². The van der Waals surface area contributed by atoms with E-state index in [1.54, 1.807) is 12.1 Å². The fourth-order valence-electron chi connectivity index (χ4n) is 6.56. The zero-order valence-electron chi connectivity index (χ0n) is 17.5. The number of carboxylic acids is 1. The molecule has 3 aromatic carbocycles. The van der Waals surface area contributed by atoms with E-state index in [1.807, 2.05) is 24.3 Å². The van der Waals surface area contributed by atoms with Crippen LogP contribution in [-0.4, -0.2) is 22.9 Å². The van der Waals surface area contributed by atoms with Crippen LogP contribution in [-0.2, 0) is 15.0 Å². The normalized spacial score (nSPS) is 27.2. The second kappa shape index (κ2) is 6.39. The van der Waals surface area contributed by atoms with Crippen molar-refractivity contribution >= 4 is 23.5 Å². The van der Waals surface area contributed by atoms with Crippen LogP contribution in [0.15, 0.2) is 72.8 Å². The first-order chi connectivity index (χ1) is 15.5. The molecule has 7 rings (SSSR count). The first-order valence-electron chi connectivity index (χ1n) is 10.9. The van der Waals surface area contributed by atoms with Crippen LogP contribution in [0.5, 0.6) is 0 Å². The van der Waals surface area contributed by atoms with Gasteiger partial charge in [0.2, 0.25) is 11.8 Å². The number of carbonyl (C=O) groups is 3. The van der Waals surface area contributed by atoms with E-state index in [0.717, 1.165) is 22.3 Å². The van der Waals surface area contributed by atoms with Gasteiger partial charge in [0.25, 0.3) is 0 Å². The van der Waals surface area contributed by atoms with Gasteiger partial charge in [-0.2, -0.15) is 0 Å². The number of hydrogen-bond acceptors (Lipinski definition) is 3. The molecule has 0 unspecified atom stereocenters. The quantitative estimate of drug-likeness (QED) is 0.636. The molecule has 2 bridgehead atoms. The molecule has 32 heavy (non-hydrogen) atoms. The summed E-state index contributed by atoms with van der Waals surface area (Å²) in [4.78, 5) is 40.6. The number of benzene rings is 3. The number of amides is 2. The van der Waals surface area contributed by atoms with Gasteiger partial charge in [0.15, 0.2) is 0 Å². The van der Waals surface area contributed by atoms with Crippen molar-refractivity contribution in [1.29, 1.82) is 0 Å². The van der Waals surface area contributed by atoms with Gasteiger partial charge in [-0.05, 0) is 46.9 Å². The molecule has 2 atom stereocenters. The number of aromatic carboxylic acids is 1. The molecule has 0 spiro atoms. The first kappa shape index (κ1) is 19.0. The summed E-state index contributed by atoms with van der Waals surface area (Å²) in [5.41, 5.74) is 4.31. The zero-order valence-corrected chi connectivity index (χ0v) is 17.5. The Bertz CT molecular complexity index is 1280. The van der Waals surface area contributed by atoms with Gasteiger partial charge in [0, 0.05) is 11.3 Å². The minimum Gasteiger partial charge on any atom is -0.478 e. The van der Waals surface area contributed by atoms with Crippen LogP contribution >= 0.6 is 0 Å². The molecule has 1 N–H and O–H groups in total. The van der Waals surface area contributed by atoms with Crippen molar-refractivity contribution in [2.75, 3.05) is 4.90 Å². The lowest BCUT2D eigenvalue weighted by molar-refractivity contribution is -0.123. The lowest BCUT2D eigenvalue weighted by Gasteiger charge is -2.54. The molecule has 5 heteroatoms. The van der Waals surface area contributed by atoms with Crippen molar-refractivity contribution in [3.8, 4) is 0 Å². The molecule has 4 aliphatic rings. The Morgan fingerprint density at radius 2 is 1.53 bits per heavy atom. The SMILES string of the molecule is CCC12c3ccccc3C(c3ccccc31)[C@H]1C(=O)N(c3cccc(C(=O)O)c3)C(=O)[C@@H]12. The van der Waals surface area contributed by atoms with Gasteiger partial charge in [0.1, 0.15) is 0 Å². The Balaban J connectivity index is 1.61. The minimum atomic E-state index is -1.09. The molecule has 3 aliphatic carbocycles. The van der Waals surface area contributed by atoms with E-state index in [0.29, 0.717) is 12.1 Å². The summed E-state index contributed by atoms with van der Waals surface area (Å²) in [6.45, 7) is 2.09. The van der Waals surface area contributed by atoms with E-state index < -0.39 is 23.2 Å². The summed E-state index contributed by atoms with van der Waals surface area (Å²) in [7, 11) is 0. The lowest BCUT2D eigenvalue weighted by atomic mass is 9.46. The maximum Gasteiger partial charge on any atom is 0.335 e. The Kier molecular flexibility index (Phi) is 3.79. The Morgan fingerprint density at radius 1 is 0.906 bits per heavy atom. The maximum absolute atomic E-state index is 14.0. The Hall–Kier alpha value is -3.73. The predicted molar refractivity (Wildman–Crippen MR) is 119 cm³/mol. The highest BCUT2D eigenvalue weighted by Gasteiger charge is 2.67. The molecule has 2 amide bonds. The van der Waals surface area contributed by atoms with E-state index >= 15 is 0 Å². The van der Waals surface area contributed by atoms with E-state index in [1.165, 1.54) is 17.0 Å². The van der Waals surface area contributed by atoms with Gasteiger partial charge >= 0.3 is 5.97 Å². The highest BCUT2D eigenvalue weighted by atomic mass is 16.4. The first-order valence-corrected chi connectivity index (χ1v) is 10.9. The average molecular weight is 423 g/mol. The number of rotatable bonds is 3. The summed E-state index contributed by atoms with van der Waals surface area (Å²) < 4.78 is 0. The maximum atomic E-state index is 14.0. The molecule has 158 valence electrons. The van der Waals surface area contributed by atoms with Crippen molar-refractivity contribution in [3.63, 3.8) is 0 Å². The third-order valence-electron chi connectivity index (χ3n) is 7.70. The van der Waals surface area contributed by atoms with Crippen molar-refractivity contribution in [1.82, 2.24) is 0 Å². The molecule has 0 aromatic heterocycles. The van der Waals surface area contributed by atoms with Gasteiger partial charge in [-0.1, -0.05) is 61.5 Å². The lowest BCUT2D eigenvalue weighted by Crippen LogP contribution is -2.53. The van der Waals surface area contributed by atoms with Crippen molar-refractivity contribution in [2.24, 2.45) is 11.8 Å². The zero-order chi connectivity index (χ0) is 22.2. The second-order valence-electron chi connectivity index (χ2n) is 8.85. The number of hydrogen-bond donors (Lipinski definition) is 1. The van der Waals surface area contributed by atoms with Crippen LogP contribution in [0.1, 0.15) is 51.9 Å². The van der Waals surface area contributed by atoms with E-state index in [9.17, 15) is 19.5 Å². The standard InChI is InChI=1S/C27H21NO4/c1-2-27-19-12-5-3-10-17(19)21(18-11-4-6-13-20(18)27)22-23(27)25(30)28(24(22)29)16-9-7-8-15(14-16)26(31)32/h3-14,21-23H,2H2,1H3,(H,31,32)/t21?,22-,23-,27?/m1/s1. The fourth-order valence-corrected chi connectivity index (χ4v) is 6.56. The molecule has 0 radical (unpaired) electrons. The van der Waals surface area contributed by atoms with Crippen molar-refractivity contribution in [2.45, 2.75) is 24.7 Å². The molecule has 1 fully saturated rings. The van der Waals surface area contributed by atoms with Gasteiger partial charge < -0.3 is 5.11 Å². The number of anilines is 1.